The Morgan fingerprint density at radius 3 is 2.43 bits per heavy atom. The summed E-state index contributed by atoms with van der Waals surface area (Å²) in [5.41, 5.74) is 1.20. The summed E-state index contributed by atoms with van der Waals surface area (Å²) in [6.45, 7) is 2.51. The molecule has 6 nitrogen and oxygen atoms in total. The van der Waals surface area contributed by atoms with Gasteiger partial charge in [0.25, 0.3) is 0 Å². The number of anilines is 1. The fraction of sp³-hybridized carbons (Fsp3) is 0.400. The van der Waals surface area contributed by atoms with E-state index in [4.69, 9.17) is 10.4 Å². The maximum Gasteiger partial charge on any atom is 0.324 e. The molecule has 1 aliphatic heterocycles. The van der Waals surface area contributed by atoms with Crippen LogP contribution in [0.1, 0.15) is 12.5 Å². The van der Waals surface area contributed by atoms with E-state index in [0.29, 0.717) is 17.8 Å². The van der Waals surface area contributed by atoms with Crippen LogP contribution in [0.5, 0.6) is 0 Å². The van der Waals surface area contributed by atoms with Crippen molar-refractivity contribution in [3.63, 3.8) is 0 Å². The Kier molecular flexibility index (Phi) is 4.13. The van der Waals surface area contributed by atoms with Gasteiger partial charge >= 0.3 is 12.0 Å². The molecular formula is C15H17N3O3. The normalized spacial score (nSPS) is 20.9. The van der Waals surface area contributed by atoms with Gasteiger partial charge in [0, 0.05) is 25.8 Å². The maximum absolute atomic E-state index is 12.4. The summed E-state index contributed by atoms with van der Waals surface area (Å²) in [4.78, 5) is 26.5. The zero-order valence-electron chi connectivity index (χ0n) is 12.0. The predicted octanol–water partition coefficient (Wildman–Crippen LogP) is 1.77. The van der Waals surface area contributed by atoms with Crippen molar-refractivity contribution in [2.45, 2.75) is 6.92 Å². The average Bonchev–Trinajstić information content (AvgIpc) is 2.88. The SMILES string of the molecule is C[C@@H]1CN(C(=O)N(C)c2ccc(C#N)cc2)C[C@H]1C(=O)O. The molecule has 0 bridgehead atoms. The molecule has 0 aliphatic carbocycles. The van der Waals surface area contributed by atoms with E-state index < -0.39 is 11.9 Å². The summed E-state index contributed by atoms with van der Waals surface area (Å²) < 4.78 is 0. The van der Waals surface area contributed by atoms with Gasteiger partial charge < -0.3 is 10.0 Å². The Bertz CT molecular complexity index is 591. The number of carboxylic acid groups (broad SMARTS) is 1. The lowest BCUT2D eigenvalue weighted by Gasteiger charge is -2.24. The number of hydrogen-bond donors (Lipinski definition) is 1. The predicted molar refractivity (Wildman–Crippen MR) is 76.8 cm³/mol. The molecule has 21 heavy (non-hydrogen) atoms. The van der Waals surface area contributed by atoms with E-state index in [2.05, 4.69) is 0 Å². The molecule has 1 aromatic carbocycles. The van der Waals surface area contributed by atoms with Crippen LogP contribution in [0.2, 0.25) is 0 Å². The summed E-state index contributed by atoms with van der Waals surface area (Å²) >= 11 is 0. The minimum Gasteiger partial charge on any atom is -0.481 e. The number of likely N-dealkylation sites (tertiary alicyclic amines) is 1. The molecule has 0 aromatic heterocycles. The second-order valence-electron chi connectivity index (χ2n) is 5.33. The molecule has 2 atom stereocenters. The van der Waals surface area contributed by atoms with Crippen molar-refractivity contribution in [1.29, 1.82) is 5.26 Å². The number of rotatable bonds is 2. The Balaban J connectivity index is 2.09. The number of benzene rings is 1. The highest BCUT2D eigenvalue weighted by molar-refractivity contribution is 5.92. The van der Waals surface area contributed by atoms with Crippen molar-refractivity contribution in [3.8, 4) is 6.07 Å². The minimum absolute atomic E-state index is 0.0548. The number of nitriles is 1. The van der Waals surface area contributed by atoms with Gasteiger partial charge in [-0.25, -0.2) is 4.79 Å². The zero-order valence-corrected chi connectivity index (χ0v) is 12.0. The summed E-state index contributed by atoms with van der Waals surface area (Å²) in [7, 11) is 1.64. The summed E-state index contributed by atoms with van der Waals surface area (Å²) in [5, 5.41) is 17.9. The van der Waals surface area contributed by atoms with Gasteiger partial charge in [-0.05, 0) is 30.2 Å². The topological polar surface area (TPSA) is 84.6 Å². The number of nitrogens with zero attached hydrogens (tertiary/aromatic N) is 3. The maximum atomic E-state index is 12.4. The first-order chi connectivity index (χ1) is 9.93. The monoisotopic (exact) mass is 287 g/mol. The quantitative estimate of drug-likeness (QED) is 0.898. The lowest BCUT2D eigenvalue weighted by atomic mass is 9.99. The van der Waals surface area contributed by atoms with Crippen molar-refractivity contribution >= 4 is 17.7 Å². The third-order valence-corrected chi connectivity index (χ3v) is 3.87. The highest BCUT2D eigenvalue weighted by atomic mass is 16.4. The molecule has 0 unspecified atom stereocenters. The van der Waals surface area contributed by atoms with Crippen molar-refractivity contribution in [2.75, 3.05) is 25.0 Å². The van der Waals surface area contributed by atoms with Gasteiger partial charge in [0.1, 0.15) is 0 Å². The van der Waals surface area contributed by atoms with Crippen molar-refractivity contribution < 1.29 is 14.7 Å². The van der Waals surface area contributed by atoms with Crippen LogP contribution in [-0.2, 0) is 4.79 Å². The lowest BCUT2D eigenvalue weighted by molar-refractivity contribution is -0.142. The Hall–Kier alpha value is -2.55. The van der Waals surface area contributed by atoms with Crippen LogP contribution < -0.4 is 4.90 Å². The first-order valence-electron chi connectivity index (χ1n) is 6.69. The van der Waals surface area contributed by atoms with E-state index in [9.17, 15) is 9.59 Å². The molecule has 1 heterocycles. The Morgan fingerprint density at radius 1 is 1.33 bits per heavy atom. The second-order valence-corrected chi connectivity index (χ2v) is 5.33. The van der Waals surface area contributed by atoms with E-state index in [0.717, 1.165) is 0 Å². The molecule has 1 aromatic rings. The summed E-state index contributed by atoms with van der Waals surface area (Å²) in [5.74, 6) is -1.43. The van der Waals surface area contributed by atoms with Gasteiger partial charge in [-0.1, -0.05) is 6.92 Å². The van der Waals surface area contributed by atoms with Crippen molar-refractivity contribution in [1.82, 2.24) is 4.90 Å². The van der Waals surface area contributed by atoms with Gasteiger partial charge in [0.05, 0.1) is 17.6 Å². The molecule has 1 fully saturated rings. The molecule has 1 N–H and O–H groups in total. The number of carbonyl (C=O) groups is 2. The minimum atomic E-state index is -0.862. The van der Waals surface area contributed by atoms with Gasteiger partial charge in [-0.3, -0.25) is 9.69 Å². The van der Waals surface area contributed by atoms with E-state index in [1.54, 1.807) is 36.2 Å². The van der Waals surface area contributed by atoms with Gasteiger partial charge in [0.2, 0.25) is 0 Å². The standard InChI is InChI=1S/C15H17N3O3/c1-10-8-18(9-13(10)14(19)20)15(21)17(2)12-5-3-11(7-16)4-6-12/h3-6,10,13H,8-9H2,1-2H3,(H,19,20)/t10-,13-/m1/s1. The molecule has 0 saturated carbocycles. The molecule has 0 spiro atoms. The number of hydrogen-bond acceptors (Lipinski definition) is 3. The van der Waals surface area contributed by atoms with E-state index in [-0.39, 0.29) is 18.5 Å². The molecule has 1 saturated heterocycles. The number of urea groups is 1. The second kappa shape index (κ2) is 5.83. The average molecular weight is 287 g/mol. The van der Waals surface area contributed by atoms with Crippen LogP contribution in [0.15, 0.2) is 24.3 Å². The summed E-state index contributed by atoms with van der Waals surface area (Å²) in [6.07, 6.45) is 0. The molecular weight excluding hydrogens is 270 g/mol. The number of carboxylic acids is 1. The number of amides is 2. The van der Waals surface area contributed by atoms with Gasteiger partial charge in [-0.2, -0.15) is 5.26 Å². The molecule has 1 aliphatic rings. The van der Waals surface area contributed by atoms with Crippen LogP contribution in [0, 0.1) is 23.2 Å². The van der Waals surface area contributed by atoms with Crippen LogP contribution in [0.25, 0.3) is 0 Å². The fourth-order valence-electron chi connectivity index (χ4n) is 2.53. The molecule has 110 valence electrons. The van der Waals surface area contributed by atoms with Gasteiger partial charge in [-0.15, -0.1) is 0 Å². The number of aliphatic carboxylic acids is 1. The largest absolute Gasteiger partial charge is 0.481 e. The molecule has 0 radical (unpaired) electrons. The Labute approximate surface area is 123 Å². The third kappa shape index (κ3) is 2.97. The molecule has 2 amide bonds. The highest BCUT2D eigenvalue weighted by Crippen LogP contribution is 2.25. The fourth-order valence-corrected chi connectivity index (χ4v) is 2.53. The van der Waals surface area contributed by atoms with Crippen LogP contribution in [0.3, 0.4) is 0 Å². The van der Waals surface area contributed by atoms with Crippen LogP contribution >= 0.6 is 0 Å². The van der Waals surface area contributed by atoms with E-state index >= 15 is 0 Å². The third-order valence-electron chi connectivity index (χ3n) is 3.87. The van der Waals surface area contributed by atoms with E-state index in [1.165, 1.54) is 4.90 Å². The zero-order chi connectivity index (χ0) is 15.6. The van der Waals surface area contributed by atoms with Gasteiger partial charge in [0.15, 0.2) is 0 Å². The van der Waals surface area contributed by atoms with Crippen LogP contribution in [0.4, 0.5) is 10.5 Å². The number of carbonyl (C=O) groups excluding carboxylic acids is 1. The molecule has 6 heteroatoms. The van der Waals surface area contributed by atoms with E-state index in [1.807, 2.05) is 13.0 Å². The highest BCUT2D eigenvalue weighted by Gasteiger charge is 2.38. The Morgan fingerprint density at radius 2 is 1.95 bits per heavy atom. The first-order valence-corrected chi connectivity index (χ1v) is 6.69. The van der Waals surface area contributed by atoms with Crippen molar-refractivity contribution in [3.05, 3.63) is 29.8 Å². The lowest BCUT2D eigenvalue weighted by Crippen LogP contribution is -2.40. The molecule has 2 rings (SSSR count). The van der Waals surface area contributed by atoms with Crippen LogP contribution in [-0.4, -0.2) is 42.1 Å². The first kappa shape index (κ1) is 14.9. The smallest absolute Gasteiger partial charge is 0.324 e. The summed E-state index contributed by atoms with van der Waals surface area (Å²) in [6, 6.07) is 8.48. The van der Waals surface area contributed by atoms with Crippen molar-refractivity contribution in [2.24, 2.45) is 11.8 Å².